The van der Waals surface area contributed by atoms with Crippen LogP contribution >= 0.6 is 11.8 Å². The first-order valence-electron chi connectivity index (χ1n) is 6.68. The van der Waals surface area contributed by atoms with Gasteiger partial charge in [0, 0.05) is 5.25 Å². The van der Waals surface area contributed by atoms with E-state index in [1.165, 1.54) is 19.3 Å². The molecule has 18 heavy (non-hydrogen) atoms. The molecule has 0 radical (unpaired) electrons. The van der Waals surface area contributed by atoms with Crippen LogP contribution in [0.1, 0.15) is 44.9 Å². The maximum atomic E-state index is 9.25. The normalized spacial score (nSPS) is 27.9. The number of nitriles is 1. The fourth-order valence-electron chi connectivity index (χ4n) is 2.67. The van der Waals surface area contributed by atoms with Crippen molar-refractivity contribution in [2.24, 2.45) is 11.8 Å². The molecule has 1 aromatic heterocycles. The second kappa shape index (κ2) is 6.24. The Balaban J connectivity index is 2.00. The molecule has 1 aliphatic carbocycles. The first-order valence-corrected chi connectivity index (χ1v) is 7.56. The fourth-order valence-corrected chi connectivity index (χ4v) is 3.96. The quantitative estimate of drug-likeness (QED) is 0.906. The third-order valence-electron chi connectivity index (χ3n) is 3.60. The first kappa shape index (κ1) is 13.4. The van der Waals surface area contributed by atoms with E-state index in [-0.39, 0.29) is 5.92 Å². The zero-order valence-electron chi connectivity index (χ0n) is 11.0. The number of hydrogen-bond donors (Lipinski definition) is 1. The molecule has 1 N–H and O–H groups in total. The van der Waals surface area contributed by atoms with E-state index in [4.69, 9.17) is 0 Å². The summed E-state index contributed by atoms with van der Waals surface area (Å²) < 4.78 is 0. The van der Waals surface area contributed by atoms with Crippen LogP contribution in [0.3, 0.4) is 0 Å². The molecule has 0 saturated heterocycles. The highest BCUT2D eigenvalue weighted by molar-refractivity contribution is 7.99. The Morgan fingerprint density at radius 3 is 2.94 bits per heavy atom. The van der Waals surface area contributed by atoms with Crippen LogP contribution in [0.5, 0.6) is 0 Å². The molecule has 2 rings (SSSR count). The molecule has 3 unspecified atom stereocenters. The molecule has 1 heterocycles. The van der Waals surface area contributed by atoms with Gasteiger partial charge in [0.15, 0.2) is 0 Å². The molecular weight excluding hydrogens is 244 g/mol. The molecule has 3 atom stereocenters. The van der Waals surface area contributed by atoms with E-state index in [2.05, 4.69) is 28.2 Å². The Labute approximate surface area is 113 Å². The van der Waals surface area contributed by atoms with E-state index in [9.17, 15) is 5.26 Å². The van der Waals surface area contributed by atoms with E-state index in [0.717, 1.165) is 29.7 Å². The van der Waals surface area contributed by atoms with Crippen molar-refractivity contribution in [3.8, 4) is 6.07 Å². The van der Waals surface area contributed by atoms with Crippen molar-refractivity contribution in [2.75, 3.05) is 0 Å². The molecule has 98 valence electrons. The lowest BCUT2D eigenvalue weighted by Gasteiger charge is -2.31. The topological polar surface area (TPSA) is 65.4 Å². The second-order valence-corrected chi connectivity index (χ2v) is 6.27. The van der Waals surface area contributed by atoms with E-state index in [1.807, 2.05) is 6.92 Å². The Hall–Kier alpha value is -1.02. The van der Waals surface area contributed by atoms with Gasteiger partial charge in [-0.25, -0.2) is 4.98 Å². The summed E-state index contributed by atoms with van der Waals surface area (Å²) in [6, 6.07) is 2.46. The summed E-state index contributed by atoms with van der Waals surface area (Å²) in [4.78, 5) is 4.33. The molecule has 0 aliphatic heterocycles. The van der Waals surface area contributed by atoms with Crippen molar-refractivity contribution in [1.29, 1.82) is 5.26 Å². The lowest BCUT2D eigenvalue weighted by Crippen LogP contribution is -2.26. The molecule has 4 nitrogen and oxygen atoms in total. The van der Waals surface area contributed by atoms with Crippen LogP contribution in [0, 0.1) is 30.1 Å². The fraction of sp³-hybridized carbons (Fsp3) is 0.769. The number of nitrogens with one attached hydrogen (secondary N) is 1. The lowest BCUT2D eigenvalue weighted by molar-refractivity contribution is 0.306. The third kappa shape index (κ3) is 3.26. The van der Waals surface area contributed by atoms with Crippen LogP contribution in [0.4, 0.5) is 0 Å². The minimum atomic E-state index is 0.155. The standard InChI is InChI=1S/C13H20N4S/c1-3-4-10-5-6-11(8-14)12(7-10)18-13-15-9(2)16-17-13/h10-12H,3-7H2,1-2H3,(H,15,16,17). The van der Waals surface area contributed by atoms with Gasteiger partial charge in [-0.3, -0.25) is 5.10 Å². The van der Waals surface area contributed by atoms with Gasteiger partial charge < -0.3 is 0 Å². The van der Waals surface area contributed by atoms with Crippen LogP contribution in [0.25, 0.3) is 0 Å². The monoisotopic (exact) mass is 264 g/mol. The molecule has 1 saturated carbocycles. The number of rotatable bonds is 4. The van der Waals surface area contributed by atoms with Crippen molar-refractivity contribution < 1.29 is 0 Å². The van der Waals surface area contributed by atoms with Gasteiger partial charge >= 0.3 is 0 Å². The Morgan fingerprint density at radius 1 is 1.50 bits per heavy atom. The summed E-state index contributed by atoms with van der Waals surface area (Å²) in [6.45, 7) is 4.14. The van der Waals surface area contributed by atoms with Crippen LogP contribution in [0.15, 0.2) is 5.16 Å². The van der Waals surface area contributed by atoms with Crippen molar-refractivity contribution in [3.63, 3.8) is 0 Å². The first-order chi connectivity index (χ1) is 8.72. The van der Waals surface area contributed by atoms with Crippen LogP contribution in [0.2, 0.25) is 0 Å². The molecule has 1 aliphatic rings. The third-order valence-corrected chi connectivity index (χ3v) is 4.81. The summed E-state index contributed by atoms with van der Waals surface area (Å²) >= 11 is 1.67. The average molecular weight is 264 g/mol. The maximum absolute atomic E-state index is 9.25. The van der Waals surface area contributed by atoms with E-state index in [1.54, 1.807) is 11.8 Å². The minimum absolute atomic E-state index is 0.155. The molecule has 1 fully saturated rings. The minimum Gasteiger partial charge on any atom is -0.262 e. The number of nitrogens with zero attached hydrogens (tertiary/aromatic N) is 3. The molecule has 0 amide bonds. The Kier molecular flexibility index (Phi) is 4.65. The zero-order chi connectivity index (χ0) is 13.0. The van der Waals surface area contributed by atoms with Crippen LogP contribution in [-0.2, 0) is 0 Å². The van der Waals surface area contributed by atoms with Crippen molar-refractivity contribution in [2.45, 2.75) is 56.4 Å². The van der Waals surface area contributed by atoms with Gasteiger partial charge in [-0.1, -0.05) is 31.5 Å². The van der Waals surface area contributed by atoms with Crippen molar-refractivity contribution in [3.05, 3.63) is 5.82 Å². The highest BCUT2D eigenvalue weighted by atomic mass is 32.2. The van der Waals surface area contributed by atoms with Gasteiger partial charge in [0.1, 0.15) is 5.82 Å². The van der Waals surface area contributed by atoms with Crippen molar-refractivity contribution in [1.82, 2.24) is 15.2 Å². The number of aromatic nitrogens is 3. The van der Waals surface area contributed by atoms with Gasteiger partial charge in [-0.2, -0.15) is 5.26 Å². The smallest absolute Gasteiger partial charge is 0.208 e. The van der Waals surface area contributed by atoms with Gasteiger partial charge in [-0.05, 0) is 32.1 Å². The SMILES string of the molecule is CCCC1CCC(C#N)C(Sc2n[nH]c(C)n2)C1. The predicted molar refractivity (Wildman–Crippen MR) is 72.1 cm³/mol. The summed E-state index contributed by atoms with van der Waals surface area (Å²) in [5, 5.41) is 17.4. The van der Waals surface area contributed by atoms with Gasteiger partial charge in [0.2, 0.25) is 5.16 Å². The summed E-state index contributed by atoms with van der Waals surface area (Å²) in [5.74, 6) is 1.77. The van der Waals surface area contributed by atoms with Gasteiger partial charge in [0.25, 0.3) is 0 Å². The maximum Gasteiger partial charge on any atom is 0.208 e. The van der Waals surface area contributed by atoms with Gasteiger partial charge in [-0.15, -0.1) is 5.10 Å². The zero-order valence-corrected chi connectivity index (χ0v) is 11.8. The van der Waals surface area contributed by atoms with E-state index >= 15 is 0 Å². The average Bonchev–Trinajstić information content (AvgIpc) is 2.76. The number of aromatic amines is 1. The highest BCUT2D eigenvalue weighted by Crippen LogP contribution is 2.40. The number of H-pyrrole nitrogens is 1. The Morgan fingerprint density at radius 2 is 2.33 bits per heavy atom. The number of aryl methyl sites for hydroxylation is 1. The predicted octanol–water partition coefficient (Wildman–Crippen LogP) is 3.31. The lowest BCUT2D eigenvalue weighted by atomic mass is 9.80. The highest BCUT2D eigenvalue weighted by Gasteiger charge is 2.31. The molecule has 5 heteroatoms. The summed E-state index contributed by atoms with van der Waals surface area (Å²) in [5.41, 5.74) is 0. The molecule has 0 spiro atoms. The van der Waals surface area contributed by atoms with Crippen LogP contribution in [-0.4, -0.2) is 20.4 Å². The summed E-state index contributed by atoms with van der Waals surface area (Å²) in [6.07, 6.45) is 5.88. The Bertz CT molecular complexity index is 423. The number of hydrogen-bond acceptors (Lipinski definition) is 4. The van der Waals surface area contributed by atoms with Crippen molar-refractivity contribution >= 4 is 11.8 Å². The van der Waals surface area contributed by atoms with E-state index < -0.39 is 0 Å². The second-order valence-electron chi connectivity index (χ2n) is 5.06. The molecule has 0 aromatic carbocycles. The van der Waals surface area contributed by atoms with E-state index in [0.29, 0.717) is 5.25 Å². The molecule has 0 bridgehead atoms. The molecule has 1 aromatic rings. The molecular formula is C13H20N4S. The summed E-state index contributed by atoms with van der Waals surface area (Å²) in [7, 11) is 0. The van der Waals surface area contributed by atoms with Crippen LogP contribution < -0.4 is 0 Å². The van der Waals surface area contributed by atoms with Gasteiger partial charge in [0.05, 0.1) is 12.0 Å². The number of thioether (sulfide) groups is 1. The largest absolute Gasteiger partial charge is 0.262 e.